The van der Waals surface area contributed by atoms with E-state index in [1.165, 1.54) is 13.0 Å². The Labute approximate surface area is 137 Å². The summed E-state index contributed by atoms with van der Waals surface area (Å²) in [6, 6.07) is 8.27. The molecular formula is C16H22N2O4S. The van der Waals surface area contributed by atoms with E-state index in [1.807, 2.05) is 31.6 Å². The van der Waals surface area contributed by atoms with E-state index >= 15 is 0 Å². The molecular weight excluding hydrogens is 316 g/mol. The van der Waals surface area contributed by atoms with E-state index in [2.05, 4.69) is 0 Å². The first kappa shape index (κ1) is 19.0. The van der Waals surface area contributed by atoms with Crippen molar-refractivity contribution in [3.05, 3.63) is 29.8 Å². The van der Waals surface area contributed by atoms with E-state index in [9.17, 15) is 13.2 Å². The molecule has 0 fully saturated rings. The van der Waals surface area contributed by atoms with E-state index in [0.717, 1.165) is 0 Å². The second kappa shape index (κ2) is 7.47. The Hall–Kier alpha value is -2.07. The van der Waals surface area contributed by atoms with Gasteiger partial charge in [-0.1, -0.05) is 26.8 Å². The zero-order valence-electron chi connectivity index (χ0n) is 13.8. The van der Waals surface area contributed by atoms with Gasteiger partial charge in [-0.3, -0.25) is 4.79 Å². The van der Waals surface area contributed by atoms with Crippen molar-refractivity contribution in [1.82, 2.24) is 4.72 Å². The van der Waals surface area contributed by atoms with Crippen LogP contribution in [0.5, 0.6) is 5.75 Å². The van der Waals surface area contributed by atoms with Crippen molar-refractivity contribution in [3.63, 3.8) is 0 Å². The number of nitrogens with one attached hydrogen (secondary N) is 1. The zero-order valence-corrected chi connectivity index (χ0v) is 14.6. The molecule has 0 spiro atoms. The van der Waals surface area contributed by atoms with Crippen LogP contribution >= 0.6 is 0 Å². The van der Waals surface area contributed by atoms with Crippen LogP contribution in [0.2, 0.25) is 0 Å². The average molecular weight is 338 g/mol. The highest BCUT2D eigenvalue weighted by Gasteiger charge is 2.23. The van der Waals surface area contributed by atoms with Gasteiger partial charge in [0.05, 0.1) is 17.4 Å². The third-order valence-electron chi connectivity index (χ3n) is 3.02. The van der Waals surface area contributed by atoms with Crippen LogP contribution in [0, 0.1) is 16.7 Å². The minimum Gasteiger partial charge on any atom is -0.481 e. The van der Waals surface area contributed by atoms with E-state index in [1.54, 1.807) is 18.2 Å². The van der Waals surface area contributed by atoms with Crippen LogP contribution in [0.4, 0.5) is 0 Å². The Morgan fingerprint density at radius 1 is 1.39 bits per heavy atom. The molecule has 0 unspecified atom stereocenters. The van der Waals surface area contributed by atoms with Crippen LogP contribution in [0.3, 0.4) is 0 Å². The number of nitrogens with zero attached hydrogens (tertiary/aromatic N) is 1. The fraction of sp³-hybridized carbons (Fsp3) is 0.500. The maximum Gasteiger partial charge on any atom is 0.274 e. The van der Waals surface area contributed by atoms with Gasteiger partial charge in [-0.15, -0.1) is 0 Å². The lowest BCUT2D eigenvalue weighted by Gasteiger charge is -2.19. The number of benzene rings is 1. The van der Waals surface area contributed by atoms with E-state index in [0.29, 0.717) is 17.7 Å². The average Bonchev–Trinajstić information content (AvgIpc) is 2.44. The number of nitriles is 1. The second-order valence-electron chi connectivity index (χ2n) is 6.50. The van der Waals surface area contributed by atoms with E-state index in [-0.39, 0.29) is 11.2 Å². The van der Waals surface area contributed by atoms with Gasteiger partial charge >= 0.3 is 0 Å². The normalized spacial score (nSPS) is 13.0. The molecule has 1 atom stereocenters. The Bertz CT molecular complexity index is 700. The summed E-state index contributed by atoms with van der Waals surface area (Å²) in [4.78, 5) is 12.0. The van der Waals surface area contributed by atoms with Crippen LogP contribution < -0.4 is 9.46 Å². The summed E-state index contributed by atoms with van der Waals surface area (Å²) in [6.07, 6.45) is -0.553. The van der Waals surface area contributed by atoms with Crippen LogP contribution in [0.25, 0.3) is 0 Å². The smallest absolute Gasteiger partial charge is 0.274 e. The van der Waals surface area contributed by atoms with Gasteiger partial charge in [0.2, 0.25) is 10.0 Å². The highest BCUT2D eigenvalue weighted by Crippen LogP contribution is 2.19. The lowest BCUT2D eigenvalue weighted by Crippen LogP contribution is -2.41. The predicted octanol–water partition coefficient (Wildman–Crippen LogP) is 2.21. The molecule has 1 aromatic carbocycles. The van der Waals surface area contributed by atoms with Crippen LogP contribution in [0.1, 0.15) is 39.7 Å². The molecule has 1 N–H and O–H groups in total. The largest absolute Gasteiger partial charge is 0.481 e. The number of carbonyl (C=O) groups is 1. The summed E-state index contributed by atoms with van der Waals surface area (Å²) in [6.45, 7) is 7.24. The Morgan fingerprint density at radius 3 is 2.61 bits per heavy atom. The summed E-state index contributed by atoms with van der Waals surface area (Å²) < 4.78 is 31.2. The van der Waals surface area contributed by atoms with Gasteiger partial charge < -0.3 is 4.74 Å². The number of hydrogen-bond donors (Lipinski definition) is 1. The third-order valence-corrected chi connectivity index (χ3v) is 4.28. The summed E-state index contributed by atoms with van der Waals surface area (Å²) in [5.74, 6) is -0.529. The number of hydrogen-bond acceptors (Lipinski definition) is 5. The molecule has 0 heterocycles. The van der Waals surface area contributed by atoms with Crippen molar-refractivity contribution in [2.24, 2.45) is 5.41 Å². The van der Waals surface area contributed by atoms with Gasteiger partial charge in [0, 0.05) is 0 Å². The molecule has 23 heavy (non-hydrogen) atoms. The monoisotopic (exact) mass is 338 g/mol. The maximum absolute atomic E-state index is 12.0. The molecule has 0 aliphatic carbocycles. The molecule has 1 aromatic rings. The lowest BCUT2D eigenvalue weighted by molar-refractivity contribution is -0.125. The number of rotatable bonds is 6. The number of carbonyl (C=O) groups excluding carboxylic acids is 1. The van der Waals surface area contributed by atoms with Gasteiger partial charge in [-0.2, -0.15) is 5.26 Å². The first-order valence-electron chi connectivity index (χ1n) is 7.23. The molecule has 7 heteroatoms. The molecule has 0 saturated carbocycles. The molecule has 1 rings (SSSR count). The van der Waals surface area contributed by atoms with Gasteiger partial charge in [0.15, 0.2) is 6.10 Å². The summed E-state index contributed by atoms with van der Waals surface area (Å²) in [5, 5.41) is 8.82. The molecule has 0 bridgehead atoms. The summed E-state index contributed by atoms with van der Waals surface area (Å²) in [7, 11) is -3.70. The number of amides is 1. The number of ether oxygens (including phenoxy) is 1. The Kier molecular flexibility index (Phi) is 6.16. The van der Waals surface area contributed by atoms with Crippen molar-refractivity contribution >= 4 is 15.9 Å². The molecule has 0 saturated heterocycles. The highest BCUT2D eigenvalue weighted by atomic mass is 32.2. The van der Waals surface area contributed by atoms with Gasteiger partial charge in [0.1, 0.15) is 5.75 Å². The lowest BCUT2D eigenvalue weighted by atomic mass is 9.94. The van der Waals surface area contributed by atoms with Gasteiger partial charge in [-0.25, -0.2) is 13.1 Å². The topological polar surface area (TPSA) is 96.3 Å². The minimum atomic E-state index is -3.70. The van der Waals surface area contributed by atoms with Crippen molar-refractivity contribution < 1.29 is 17.9 Å². The second-order valence-corrected chi connectivity index (χ2v) is 8.34. The van der Waals surface area contributed by atoms with Crippen molar-refractivity contribution in [2.45, 2.75) is 40.2 Å². The fourth-order valence-corrected chi connectivity index (χ4v) is 3.08. The molecule has 1 amide bonds. The van der Waals surface area contributed by atoms with Crippen LogP contribution in [-0.2, 0) is 14.8 Å². The summed E-state index contributed by atoms with van der Waals surface area (Å²) in [5.41, 5.74) is 0.255. The van der Waals surface area contributed by atoms with Crippen molar-refractivity contribution in [1.29, 1.82) is 5.26 Å². The van der Waals surface area contributed by atoms with Gasteiger partial charge in [0.25, 0.3) is 5.91 Å². The SMILES string of the molecule is C[C@@H](Oc1cccc(C#N)c1)C(=O)NS(=O)(=O)CCC(C)(C)C. The molecule has 126 valence electrons. The van der Waals surface area contributed by atoms with Gasteiger partial charge in [-0.05, 0) is 37.0 Å². The fourth-order valence-electron chi connectivity index (χ4n) is 1.62. The van der Waals surface area contributed by atoms with E-state index < -0.39 is 22.0 Å². The molecule has 0 aliphatic rings. The quantitative estimate of drug-likeness (QED) is 0.858. The number of sulfonamides is 1. The standard InChI is InChI=1S/C16H22N2O4S/c1-12(22-14-7-5-6-13(10-14)11-17)15(19)18-23(20,21)9-8-16(2,3)4/h5-7,10,12H,8-9H2,1-4H3,(H,18,19)/t12-/m1/s1. The molecule has 6 nitrogen and oxygen atoms in total. The minimum absolute atomic E-state index is 0.126. The van der Waals surface area contributed by atoms with E-state index in [4.69, 9.17) is 10.00 Å². The Morgan fingerprint density at radius 2 is 2.04 bits per heavy atom. The molecule has 0 radical (unpaired) electrons. The van der Waals surface area contributed by atoms with Crippen LogP contribution in [0.15, 0.2) is 24.3 Å². The third kappa shape index (κ3) is 7.15. The zero-order chi connectivity index (χ0) is 17.7. The molecule has 0 aromatic heterocycles. The first-order valence-corrected chi connectivity index (χ1v) is 8.89. The maximum atomic E-state index is 12.0. The molecule has 0 aliphatic heterocycles. The van der Waals surface area contributed by atoms with Crippen molar-refractivity contribution in [3.8, 4) is 11.8 Å². The predicted molar refractivity (Wildman–Crippen MR) is 87.2 cm³/mol. The van der Waals surface area contributed by atoms with Crippen molar-refractivity contribution in [2.75, 3.05) is 5.75 Å². The Balaban J connectivity index is 2.64. The van der Waals surface area contributed by atoms with Crippen LogP contribution in [-0.4, -0.2) is 26.2 Å². The highest BCUT2D eigenvalue weighted by molar-refractivity contribution is 7.90. The first-order chi connectivity index (χ1) is 10.5. The summed E-state index contributed by atoms with van der Waals surface area (Å²) >= 11 is 0.